The number of ether oxygens (including phenoxy) is 1. The lowest BCUT2D eigenvalue weighted by molar-refractivity contribution is -0.143. The van der Waals surface area contributed by atoms with E-state index in [-0.39, 0.29) is 18.5 Å². The van der Waals surface area contributed by atoms with E-state index in [9.17, 15) is 19.8 Å². The Labute approximate surface area is 373 Å². The Morgan fingerprint density at radius 2 is 0.833 bits per heavy atom. The highest BCUT2D eigenvalue weighted by Crippen LogP contribution is 2.16. The number of hydrogen-bond acceptors (Lipinski definition) is 5. The van der Waals surface area contributed by atoms with Crippen molar-refractivity contribution in [1.29, 1.82) is 0 Å². The summed E-state index contributed by atoms with van der Waals surface area (Å²) < 4.78 is 5.47. The van der Waals surface area contributed by atoms with Crippen LogP contribution in [-0.2, 0) is 14.3 Å². The topological polar surface area (TPSA) is 95.9 Å². The largest absolute Gasteiger partial charge is 0.466 e. The molecule has 0 aromatic heterocycles. The van der Waals surface area contributed by atoms with Crippen LogP contribution in [0, 0.1) is 0 Å². The maximum Gasteiger partial charge on any atom is 0.305 e. The molecule has 2 atom stereocenters. The lowest BCUT2D eigenvalue weighted by Crippen LogP contribution is -2.45. The van der Waals surface area contributed by atoms with Crippen LogP contribution in [0.15, 0.2) is 24.3 Å². The molecular weight excluding hydrogens is 743 g/mol. The fourth-order valence-electron chi connectivity index (χ4n) is 8.14. The second kappa shape index (κ2) is 50.0. The van der Waals surface area contributed by atoms with Gasteiger partial charge in [0.2, 0.25) is 5.91 Å². The van der Waals surface area contributed by atoms with Gasteiger partial charge in [-0.2, -0.15) is 0 Å². The molecule has 0 saturated carbocycles. The molecule has 2 unspecified atom stereocenters. The Morgan fingerprint density at radius 1 is 0.467 bits per heavy atom. The van der Waals surface area contributed by atoms with Gasteiger partial charge in [-0.25, -0.2) is 0 Å². The predicted molar refractivity (Wildman–Crippen MR) is 260 cm³/mol. The predicted octanol–water partition coefficient (Wildman–Crippen LogP) is 15.9. The smallest absolute Gasteiger partial charge is 0.305 e. The zero-order chi connectivity index (χ0) is 43.7. The van der Waals surface area contributed by atoms with E-state index in [0.29, 0.717) is 25.9 Å². The Balaban J connectivity index is 3.43. The second-order valence-corrected chi connectivity index (χ2v) is 18.2. The summed E-state index contributed by atoms with van der Waals surface area (Å²) >= 11 is 0. The van der Waals surface area contributed by atoms with Crippen molar-refractivity contribution in [3.05, 3.63) is 24.3 Å². The van der Waals surface area contributed by atoms with E-state index in [2.05, 4.69) is 43.5 Å². The summed E-state index contributed by atoms with van der Waals surface area (Å²) in [5.41, 5.74) is 0. The molecule has 0 bridgehead atoms. The van der Waals surface area contributed by atoms with Crippen LogP contribution in [0.4, 0.5) is 0 Å². The van der Waals surface area contributed by atoms with Gasteiger partial charge in [0.05, 0.1) is 25.4 Å². The molecule has 0 aliphatic carbocycles. The molecule has 60 heavy (non-hydrogen) atoms. The monoisotopic (exact) mass is 846 g/mol. The molecule has 0 fully saturated rings. The zero-order valence-corrected chi connectivity index (χ0v) is 40.2. The number of amides is 1. The molecule has 0 aromatic carbocycles. The third-order valence-corrected chi connectivity index (χ3v) is 12.3. The third-order valence-electron chi connectivity index (χ3n) is 12.3. The highest BCUT2D eigenvalue weighted by molar-refractivity contribution is 5.76. The molecular formula is C54H103NO5. The molecule has 354 valence electrons. The third kappa shape index (κ3) is 45.9. The summed E-state index contributed by atoms with van der Waals surface area (Å²) in [5, 5.41) is 23.2. The van der Waals surface area contributed by atoms with Crippen molar-refractivity contribution in [2.75, 3.05) is 13.2 Å². The molecule has 0 aliphatic heterocycles. The minimum atomic E-state index is -0.673. The Bertz CT molecular complexity index is 935. The van der Waals surface area contributed by atoms with E-state index in [1.165, 1.54) is 186 Å². The van der Waals surface area contributed by atoms with Gasteiger partial charge in [0, 0.05) is 12.8 Å². The summed E-state index contributed by atoms with van der Waals surface area (Å²) in [4.78, 5) is 24.5. The van der Waals surface area contributed by atoms with Crippen LogP contribution in [0.1, 0.15) is 284 Å². The maximum atomic E-state index is 12.4. The SMILES string of the molecule is CCCCC/C=C\C/C=C\CCCCCCCCCCCC(=O)OCCCCCCCCCCCCCCC(=O)NC(CO)C(O)CCCCCCCCCCCCCC. The van der Waals surface area contributed by atoms with Gasteiger partial charge < -0.3 is 20.3 Å². The molecule has 0 spiro atoms. The van der Waals surface area contributed by atoms with Crippen molar-refractivity contribution in [3.8, 4) is 0 Å². The number of allylic oxidation sites excluding steroid dienone is 4. The quantitative estimate of drug-likeness (QED) is 0.0322. The van der Waals surface area contributed by atoms with Gasteiger partial charge in [0.1, 0.15) is 0 Å². The zero-order valence-electron chi connectivity index (χ0n) is 40.2. The number of nitrogens with one attached hydrogen (secondary N) is 1. The average molecular weight is 846 g/mol. The molecule has 3 N–H and O–H groups in total. The Morgan fingerprint density at radius 3 is 1.30 bits per heavy atom. The first-order valence-corrected chi connectivity index (χ1v) is 26.6. The first-order chi connectivity index (χ1) is 29.5. The minimum absolute atomic E-state index is 0.0131. The number of carbonyl (C=O) groups is 2. The number of aliphatic hydroxyl groups is 2. The van der Waals surface area contributed by atoms with Gasteiger partial charge in [-0.1, -0.05) is 237 Å². The number of aliphatic hydroxyl groups excluding tert-OH is 2. The van der Waals surface area contributed by atoms with Gasteiger partial charge in [-0.05, 0) is 57.8 Å². The van der Waals surface area contributed by atoms with Crippen molar-refractivity contribution in [2.24, 2.45) is 0 Å². The van der Waals surface area contributed by atoms with Gasteiger partial charge >= 0.3 is 5.97 Å². The molecule has 0 aliphatic rings. The van der Waals surface area contributed by atoms with E-state index in [1.807, 2.05) is 0 Å². The molecule has 0 radical (unpaired) electrons. The van der Waals surface area contributed by atoms with Crippen molar-refractivity contribution >= 4 is 11.9 Å². The molecule has 0 aromatic rings. The van der Waals surface area contributed by atoms with Crippen LogP contribution in [0.25, 0.3) is 0 Å². The molecule has 0 heterocycles. The van der Waals surface area contributed by atoms with Crippen LogP contribution < -0.4 is 5.32 Å². The van der Waals surface area contributed by atoms with E-state index < -0.39 is 12.1 Å². The normalized spacial score (nSPS) is 12.8. The van der Waals surface area contributed by atoms with Crippen molar-refractivity contribution in [3.63, 3.8) is 0 Å². The summed E-state index contributed by atoms with van der Waals surface area (Å²) in [6.07, 6.45) is 58.6. The van der Waals surface area contributed by atoms with Crippen LogP contribution in [-0.4, -0.2) is 47.4 Å². The van der Waals surface area contributed by atoms with Crippen molar-refractivity contribution in [2.45, 2.75) is 296 Å². The average Bonchev–Trinajstić information content (AvgIpc) is 3.25. The van der Waals surface area contributed by atoms with Gasteiger partial charge in [0.15, 0.2) is 0 Å². The molecule has 6 heteroatoms. The van der Waals surface area contributed by atoms with Gasteiger partial charge in [0.25, 0.3) is 0 Å². The van der Waals surface area contributed by atoms with Crippen LogP contribution in [0.2, 0.25) is 0 Å². The van der Waals surface area contributed by atoms with Crippen LogP contribution in [0.3, 0.4) is 0 Å². The lowest BCUT2D eigenvalue weighted by Gasteiger charge is -2.22. The highest BCUT2D eigenvalue weighted by atomic mass is 16.5. The number of carbonyl (C=O) groups excluding carboxylic acids is 2. The molecule has 0 rings (SSSR count). The first-order valence-electron chi connectivity index (χ1n) is 26.6. The number of rotatable bonds is 49. The number of esters is 1. The Kier molecular flexibility index (Phi) is 48.6. The summed E-state index contributed by atoms with van der Waals surface area (Å²) in [5.74, 6) is -0.0642. The van der Waals surface area contributed by atoms with E-state index in [4.69, 9.17) is 4.74 Å². The van der Waals surface area contributed by atoms with Crippen LogP contribution >= 0.6 is 0 Å². The number of unbranched alkanes of at least 4 members (excludes halogenated alkanes) is 34. The maximum absolute atomic E-state index is 12.4. The van der Waals surface area contributed by atoms with Crippen molar-refractivity contribution in [1.82, 2.24) is 5.32 Å². The second-order valence-electron chi connectivity index (χ2n) is 18.2. The van der Waals surface area contributed by atoms with E-state index in [0.717, 1.165) is 64.2 Å². The number of hydrogen-bond donors (Lipinski definition) is 3. The molecule has 0 saturated heterocycles. The van der Waals surface area contributed by atoms with E-state index >= 15 is 0 Å². The Hall–Kier alpha value is -1.66. The molecule has 1 amide bonds. The highest BCUT2D eigenvalue weighted by Gasteiger charge is 2.20. The van der Waals surface area contributed by atoms with Gasteiger partial charge in [-0.15, -0.1) is 0 Å². The summed E-state index contributed by atoms with van der Waals surface area (Å²) in [6, 6.07) is -0.552. The van der Waals surface area contributed by atoms with E-state index in [1.54, 1.807) is 0 Å². The standard InChI is InChI=1S/C54H103NO5/c1-3-5-7-9-11-13-15-17-18-19-20-21-22-23-28-32-36-40-44-48-54(59)60-49-45-41-37-33-29-25-24-27-31-35-39-43-47-53(58)55-51(50-56)52(57)46-42-38-34-30-26-16-14-12-10-8-6-4-2/h11,13,17-18,51-52,56-57H,3-10,12,14-16,19-50H2,1-2H3,(H,55,58)/b13-11-,18-17-. The summed E-state index contributed by atoms with van der Waals surface area (Å²) in [6.45, 7) is 4.89. The molecule has 6 nitrogen and oxygen atoms in total. The van der Waals surface area contributed by atoms with Gasteiger partial charge in [-0.3, -0.25) is 9.59 Å². The fraction of sp³-hybridized carbons (Fsp3) is 0.889. The van der Waals surface area contributed by atoms with Crippen molar-refractivity contribution < 1.29 is 24.5 Å². The summed E-state index contributed by atoms with van der Waals surface area (Å²) in [7, 11) is 0. The fourth-order valence-corrected chi connectivity index (χ4v) is 8.14. The minimum Gasteiger partial charge on any atom is -0.466 e. The lowest BCUT2D eigenvalue weighted by atomic mass is 10.0. The first kappa shape index (κ1) is 58.3. The van der Waals surface area contributed by atoms with Crippen LogP contribution in [0.5, 0.6) is 0 Å².